The third kappa shape index (κ3) is 4.59. The molecule has 0 aliphatic heterocycles. The molecule has 11 aromatic rings. The van der Waals surface area contributed by atoms with Crippen molar-refractivity contribution in [2.24, 2.45) is 0 Å². The summed E-state index contributed by atoms with van der Waals surface area (Å²) in [6, 6.07) is 79.0. The van der Waals surface area contributed by atoms with Gasteiger partial charge in [-0.3, -0.25) is 0 Å². The Labute approximate surface area is 372 Å². The van der Waals surface area contributed by atoms with Crippen LogP contribution in [0.15, 0.2) is 217 Å². The second-order valence-electron chi connectivity index (χ2n) is 18.4. The lowest BCUT2D eigenvalue weighted by Gasteiger charge is -2.33. The van der Waals surface area contributed by atoms with E-state index in [2.05, 4.69) is 231 Å². The normalized spacial score (nSPS) is 14.3. The minimum atomic E-state index is -0.481. The molecule has 2 nitrogen and oxygen atoms in total. The first-order chi connectivity index (χ1) is 31.5. The number of hydrogen-bond donors (Lipinski definition) is 0. The van der Waals surface area contributed by atoms with Gasteiger partial charge in [-0.1, -0.05) is 184 Å². The summed E-state index contributed by atoms with van der Waals surface area (Å²) in [6.07, 6.45) is 0. The molecule has 0 atom stereocenters. The van der Waals surface area contributed by atoms with Crippen LogP contribution in [0.25, 0.3) is 77.2 Å². The van der Waals surface area contributed by atoms with E-state index < -0.39 is 5.41 Å². The fourth-order valence-corrected chi connectivity index (χ4v) is 12.1. The SMILES string of the molecule is CC1(C)c2ccccc2-c2ccc(N(c3ccc4c(c3)C3(c5ccccc5-c5ccccc53)c3ccccc3-4)c3cc(-c4ccccc4)cc4oc5c6ccccc6ccc5c34)cc21. The van der Waals surface area contributed by atoms with Crippen LogP contribution >= 0.6 is 0 Å². The predicted molar refractivity (Wildman–Crippen MR) is 265 cm³/mol. The van der Waals surface area contributed by atoms with E-state index >= 15 is 0 Å². The zero-order chi connectivity index (χ0) is 42.3. The summed E-state index contributed by atoms with van der Waals surface area (Å²) in [5.74, 6) is 0. The lowest BCUT2D eigenvalue weighted by molar-refractivity contribution is 0.660. The summed E-state index contributed by atoms with van der Waals surface area (Å²) in [5.41, 5.74) is 22.5. The molecular formula is C62H41NO. The van der Waals surface area contributed by atoms with Crippen LogP contribution in [0.3, 0.4) is 0 Å². The maximum atomic E-state index is 7.08. The van der Waals surface area contributed by atoms with Gasteiger partial charge in [0, 0.05) is 27.6 Å². The van der Waals surface area contributed by atoms with Gasteiger partial charge in [-0.05, 0) is 126 Å². The van der Waals surface area contributed by atoms with Crippen molar-refractivity contribution in [1.82, 2.24) is 0 Å². The third-order valence-corrected chi connectivity index (χ3v) is 14.9. The Morgan fingerprint density at radius 2 is 0.891 bits per heavy atom. The van der Waals surface area contributed by atoms with E-state index in [1.807, 2.05) is 0 Å². The van der Waals surface area contributed by atoms with Gasteiger partial charge in [-0.2, -0.15) is 0 Å². The third-order valence-electron chi connectivity index (χ3n) is 14.9. The fraction of sp³-hybridized carbons (Fsp3) is 0.0645. The largest absolute Gasteiger partial charge is 0.455 e. The quantitative estimate of drug-likeness (QED) is 0.176. The molecular weight excluding hydrogens is 775 g/mol. The number of benzene rings is 10. The van der Waals surface area contributed by atoms with Crippen molar-refractivity contribution < 1.29 is 4.42 Å². The molecule has 1 heterocycles. The highest BCUT2D eigenvalue weighted by Crippen LogP contribution is 2.63. The van der Waals surface area contributed by atoms with E-state index in [0.29, 0.717) is 0 Å². The van der Waals surface area contributed by atoms with Gasteiger partial charge in [-0.15, -0.1) is 0 Å². The summed E-state index contributed by atoms with van der Waals surface area (Å²) in [7, 11) is 0. The molecule has 1 aromatic heterocycles. The Bertz CT molecular complexity index is 3710. The van der Waals surface area contributed by atoms with Crippen LogP contribution in [0.4, 0.5) is 17.1 Å². The van der Waals surface area contributed by atoms with Crippen LogP contribution in [0.2, 0.25) is 0 Å². The Balaban J connectivity index is 1.10. The van der Waals surface area contributed by atoms with Crippen LogP contribution < -0.4 is 4.90 Å². The lowest BCUT2D eigenvalue weighted by Crippen LogP contribution is -2.26. The molecule has 64 heavy (non-hydrogen) atoms. The Morgan fingerprint density at radius 3 is 1.55 bits per heavy atom. The first kappa shape index (κ1) is 35.6. The summed E-state index contributed by atoms with van der Waals surface area (Å²) in [5, 5.41) is 4.48. The Morgan fingerprint density at radius 1 is 0.375 bits per heavy atom. The molecule has 2 heteroatoms. The summed E-state index contributed by atoms with van der Waals surface area (Å²) in [4.78, 5) is 2.53. The number of rotatable bonds is 4. The van der Waals surface area contributed by atoms with Gasteiger partial charge < -0.3 is 9.32 Å². The second-order valence-corrected chi connectivity index (χ2v) is 18.4. The first-order valence-electron chi connectivity index (χ1n) is 22.4. The Kier molecular flexibility index (Phi) is 7.13. The van der Waals surface area contributed by atoms with Crippen molar-refractivity contribution in [3.63, 3.8) is 0 Å². The van der Waals surface area contributed by atoms with Crippen LogP contribution in [-0.2, 0) is 10.8 Å². The van der Waals surface area contributed by atoms with E-state index in [1.54, 1.807) is 0 Å². The maximum Gasteiger partial charge on any atom is 0.143 e. The number of hydrogen-bond acceptors (Lipinski definition) is 2. The van der Waals surface area contributed by atoms with Crippen molar-refractivity contribution in [2.45, 2.75) is 24.7 Å². The molecule has 14 rings (SSSR count). The van der Waals surface area contributed by atoms with Crippen molar-refractivity contribution in [2.75, 3.05) is 4.90 Å². The topological polar surface area (TPSA) is 16.4 Å². The average Bonchev–Trinajstić information content (AvgIpc) is 4.04. The highest BCUT2D eigenvalue weighted by atomic mass is 16.3. The molecule has 0 amide bonds. The molecule has 1 spiro atoms. The number of anilines is 3. The number of nitrogens with zero attached hydrogens (tertiary/aromatic N) is 1. The minimum absolute atomic E-state index is 0.184. The van der Waals surface area contributed by atoms with Gasteiger partial charge in [0.15, 0.2) is 0 Å². The minimum Gasteiger partial charge on any atom is -0.455 e. The van der Waals surface area contributed by atoms with E-state index in [4.69, 9.17) is 4.42 Å². The van der Waals surface area contributed by atoms with Gasteiger partial charge in [0.25, 0.3) is 0 Å². The summed E-state index contributed by atoms with van der Waals surface area (Å²) in [6.45, 7) is 4.75. The first-order valence-corrected chi connectivity index (χ1v) is 22.4. The zero-order valence-electron chi connectivity index (χ0n) is 35.6. The molecule has 0 unspecified atom stereocenters. The second kappa shape index (κ2) is 12.8. The summed E-state index contributed by atoms with van der Waals surface area (Å²) >= 11 is 0. The highest BCUT2D eigenvalue weighted by Gasteiger charge is 2.51. The van der Waals surface area contributed by atoms with Crippen molar-refractivity contribution >= 4 is 49.8 Å². The van der Waals surface area contributed by atoms with Crippen LogP contribution in [-0.4, -0.2) is 0 Å². The van der Waals surface area contributed by atoms with Crippen molar-refractivity contribution in [1.29, 1.82) is 0 Å². The lowest BCUT2D eigenvalue weighted by atomic mass is 9.70. The van der Waals surface area contributed by atoms with E-state index in [0.717, 1.165) is 60.9 Å². The van der Waals surface area contributed by atoms with Gasteiger partial charge in [0.05, 0.1) is 16.5 Å². The van der Waals surface area contributed by atoms with Gasteiger partial charge in [-0.25, -0.2) is 0 Å². The molecule has 0 fully saturated rings. The molecule has 3 aliphatic rings. The van der Waals surface area contributed by atoms with Crippen molar-refractivity contribution in [3.8, 4) is 44.5 Å². The van der Waals surface area contributed by atoms with Crippen molar-refractivity contribution in [3.05, 3.63) is 246 Å². The van der Waals surface area contributed by atoms with Gasteiger partial charge in [0.1, 0.15) is 11.2 Å². The smallest absolute Gasteiger partial charge is 0.143 e. The van der Waals surface area contributed by atoms with Gasteiger partial charge in [0.2, 0.25) is 0 Å². The molecule has 0 bridgehead atoms. The molecule has 300 valence electrons. The number of fused-ring (bicyclic) bond motifs is 18. The highest BCUT2D eigenvalue weighted by molar-refractivity contribution is 6.20. The standard InChI is InChI=1S/C62H41NO/c1-61(2)51-24-12-8-20-44(51)48-32-29-41(36-55(48)61)63(57-34-40(38-16-4-3-5-17-38)35-58-59(57)50-31-28-39-18-6-7-19-43(39)60(50)64-58)42-30-33-49-47-23-11-15-27-54(47)62(56(49)37-42)52-25-13-9-21-45(52)46-22-10-14-26-53(46)62/h3-37H,1-2H3. The zero-order valence-corrected chi connectivity index (χ0v) is 35.6. The monoisotopic (exact) mass is 815 g/mol. The number of furan rings is 1. The maximum absolute atomic E-state index is 7.08. The van der Waals surface area contributed by atoms with Gasteiger partial charge >= 0.3 is 0 Å². The van der Waals surface area contributed by atoms with E-state index in [9.17, 15) is 0 Å². The molecule has 0 N–H and O–H groups in total. The van der Waals surface area contributed by atoms with Crippen LogP contribution in [0.1, 0.15) is 47.2 Å². The Hall–Kier alpha value is -7.94. The average molecular weight is 816 g/mol. The van der Waals surface area contributed by atoms with Crippen LogP contribution in [0, 0.1) is 0 Å². The summed E-state index contributed by atoms with van der Waals surface area (Å²) < 4.78 is 7.08. The van der Waals surface area contributed by atoms with E-state index in [1.165, 1.54) is 66.8 Å². The van der Waals surface area contributed by atoms with E-state index in [-0.39, 0.29) is 5.41 Å². The molecule has 0 saturated carbocycles. The molecule has 3 aliphatic carbocycles. The molecule has 0 saturated heterocycles. The molecule has 10 aromatic carbocycles. The van der Waals surface area contributed by atoms with Crippen LogP contribution in [0.5, 0.6) is 0 Å². The molecule has 0 radical (unpaired) electrons. The fourth-order valence-electron chi connectivity index (χ4n) is 12.1. The predicted octanol–water partition coefficient (Wildman–Crippen LogP) is 16.5.